The number of rotatable bonds is 1. The summed E-state index contributed by atoms with van der Waals surface area (Å²) in [5.41, 5.74) is 6.43. The maximum atomic E-state index is 13.7. The molecule has 0 saturated heterocycles. The Morgan fingerprint density at radius 3 is 2.17 bits per heavy atom. The highest BCUT2D eigenvalue weighted by Gasteiger charge is 2.35. The van der Waals surface area contributed by atoms with Gasteiger partial charge >= 0.3 is 0 Å². The van der Waals surface area contributed by atoms with E-state index in [4.69, 9.17) is 5.73 Å². The van der Waals surface area contributed by atoms with E-state index >= 15 is 0 Å². The molecule has 0 bridgehead atoms. The van der Waals surface area contributed by atoms with Crippen LogP contribution in [-0.2, 0) is 12.8 Å². The molecule has 64 valence electrons. The smallest absolute Gasteiger partial charge is 0.131 e. The number of benzene rings is 1. The maximum Gasteiger partial charge on any atom is 0.131 e. The van der Waals surface area contributed by atoms with Gasteiger partial charge in [0.05, 0.1) is 0 Å². The van der Waals surface area contributed by atoms with Crippen molar-refractivity contribution in [1.82, 2.24) is 0 Å². The van der Waals surface area contributed by atoms with Gasteiger partial charge in [-0.3, -0.25) is 0 Å². The molecule has 0 saturated carbocycles. The molecule has 2 rings (SSSR count). The van der Waals surface area contributed by atoms with E-state index in [1.54, 1.807) is 0 Å². The van der Waals surface area contributed by atoms with Crippen LogP contribution < -0.4 is 5.73 Å². The quantitative estimate of drug-likeness (QED) is 0.669. The second-order valence-electron chi connectivity index (χ2n) is 3.48. The summed E-state index contributed by atoms with van der Waals surface area (Å²) in [5.74, 6) is 0. The average Bonchev–Trinajstić information content (AvgIpc) is 2.42. The number of hydrogen-bond donors (Lipinski definition) is 1. The first-order valence-corrected chi connectivity index (χ1v) is 4.19. The van der Waals surface area contributed by atoms with Crippen LogP contribution >= 0.6 is 0 Å². The SMILES string of the molecule is NCC1(F)Cc2ccccc2C1. The second kappa shape index (κ2) is 2.56. The van der Waals surface area contributed by atoms with Crippen molar-refractivity contribution in [1.29, 1.82) is 0 Å². The molecule has 1 aromatic rings. The van der Waals surface area contributed by atoms with Gasteiger partial charge in [0.15, 0.2) is 0 Å². The molecule has 0 aromatic heterocycles. The van der Waals surface area contributed by atoms with Crippen LogP contribution in [0.3, 0.4) is 0 Å². The number of alkyl halides is 1. The third-order valence-electron chi connectivity index (χ3n) is 2.50. The Labute approximate surface area is 71.4 Å². The van der Waals surface area contributed by atoms with Gasteiger partial charge in [0.25, 0.3) is 0 Å². The Balaban J connectivity index is 2.33. The normalized spacial score (nSPS) is 19.2. The minimum atomic E-state index is -1.18. The molecule has 2 heteroatoms. The summed E-state index contributed by atoms with van der Waals surface area (Å²) in [5, 5.41) is 0. The predicted molar refractivity (Wildman–Crippen MR) is 46.7 cm³/mol. The van der Waals surface area contributed by atoms with E-state index in [2.05, 4.69) is 0 Å². The Bertz CT molecular complexity index is 271. The van der Waals surface area contributed by atoms with Crippen molar-refractivity contribution in [3.8, 4) is 0 Å². The fourth-order valence-electron chi connectivity index (χ4n) is 1.79. The molecule has 0 spiro atoms. The number of hydrogen-bond acceptors (Lipinski definition) is 1. The molecule has 2 N–H and O–H groups in total. The first-order chi connectivity index (χ1) is 5.73. The third kappa shape index (κ3) is 1.12. The lowest BCUT2D eigenvalue weighted by molar-refractivity contribution is 0.189. The van der Waals surface area contributed by atoms with Crippen LogP contribution in [0, 0.1) is 0 Å². The lowest BCUT2D eigenvalue weighted by Gasteiger charge is -2.14. The summed E-state index contributed by atoms with van der Waals surface area (Å²) in [6.45, 7) is 0.127. The van der Waals surface area contributed by atoms with Crippen LogP contribution in [0.25, 0.3) is 0 Å². The fourth-order valence-corrected chi connectivity index (χ4v) is 1.79. The zero-order chi connectivity index (χ0) is 8.60. The highest BCUT2D eigenvalue weighted by atomic mass is 19.1. The van der Waals surface area contributed by atoms with E-state index in [9.17, 15) is 4.39 Å². The van der Waals surface area contributed by atoms with Crippen molar-refractivity contribution in [3.05, 3.63) is 35.4 Å². The van der Waals surface area contributed by atoms with Gasteiger partial charge in [0, 0.05) is 19.4 Å². The highest BCUT2D eigenvalue weighted by molar-refractivity contribution is 5.35. The van der Waals surface area contributed by atoms with Gasteiger partial charge in [-0.25, -0.2) is 4.39 Å². The molecular weight excluding hydrogens is 153 g/mol. The number of fused-ring (bicyclic) bond motifs is 1. The number of nitrogens with two attached hydrogens (primary N) is 1. The van der Waals surface area contributed by atoms with E-state index in [1.165, 1.54) is 0 Å². The first kappa shape index (κ1) is 7.74. The van der Waals surface area contributed by atoms with Gasteiger partial charge in [0.2, 0.25) is 0 Å². The molecule has 12 heavy (non-hydrogen) atoms. The van der Waals surface area contributed by atoms with Gasteiger partial charge in [-0.05, 0) is 11.1 Å². The molecule has 1 nitrogen and oxygen atoms in total. The lowest BCUT2D eigenvalue weighted by atomic mass is 10.0. The van der Waals surface area contributed by atoms with Crippen molar-refractivity contribution < 1.29 is 4.39 Å². The van der Waals surface area contributed by atoms with Crippen LogP contribution in [0.2, 0.25) is 0 Å². The Morgan fingerprint density at radius 1 is 1.25 bits per heavy atom. The summed E-state index contributed by atoms with van der Waals surface area (Å²) in [4.78, 5) is 0. The van der Waals surface area contributed by atoms with Crippen LogP contribution in [0.15, 0.2) is 24.3 Å². The van der Waals surface area contributed by atoms with E-state index in [-0.39, 0.29) is 6.54 Å². The first-order valence-electron chi connectivity index (χ1n) is 4.19. The van der Waals surface area contributed by atoms with E-state index in [0.717, 1.165) is 11.1 Å². The lowest BCUT2D eigenvalue weighted by Crippen LogP contribution is -2.33. The molecule has 0 aliphatic heterocycles. The second-order valence-corrected chi connectivity index (χ2v) is 3.48. The molecule has 0 atom stereocenters. The molecular formula is C10H12FN. The molecule has 0 radical (unpaired) electrons. The monoisotopic (exact) mass is 165 g/mol. The van der Waals surface area contributed by atoms with Gasteiger partial charge in [0.1, 0.15) is 5.67 Å². The zero-order valence-corrected chi connectivity index (χ0v) is 6.89. The van der Waals surface area contributed by atoms with Crippen LogP contribution in [0.5, 0.6) is 0 Å². The number of halogens is 1. The van der Waals surface area contributed by atoms with Gasteiger partial charge in [-0.15, -0.1) is 0 Å². The standard InChI is InChI=1S/C10H12FN/c11-10(7-12)5-8-3-1-2-4-9(8)6-10/h1-4H,5-7,12H2. The van der Waals surface area contributed by atoms with Gasteiger partial charge in [-0.2, -0.15) is 0 Å². The third-order valence-corrected chi connectivity index (χ3v) is 2.50. The molecule has 0 amide bonds. The van der Waals surface area contributed by atoms with Crippen molar-refractivity contribution in [2.24, 2.45) is 5.73 Å². The summed E-state index contributed by atoms with van der Waals surface area (Å²) < 4.78 is 13.7. The summed E-state index contributed by atoms with van der Waals surface area (Å²) in [7, 11) is 0. The topological polar surface area (TPSA) is 26.0 Å². The van der Waals surface area contributed by atoms with E-state index in [0.29, 0.717) is 12.8 Å². The molecule has 0 heterocycles. The minimum absolute atomic E-state index is 0.127. The van der Waals surface area contributed by atoms with Gasteiger partial charge < -0.3 is 5.73 Å². The largest absolute Gasteiger partial charge is 0.328 e. The van der Waals surface area contributed by atoms with Crippen molar-refractivity contribution >= 4 is 0 Å². The average molecular weight is 165 g/mol. The molecule has 1 aliphatic rings. The van der Waals surface area contributed by atoms with Crippen molar-refractivity contribution in [3.63, 3.8) is 0 Å². The summed E-state index contributed by atoms with van der Waals surface area (Å²) >= 11 is 0. The van der Waals surface area contributed by atoms with Crippen molar-refractivity contribution in [2.75, 3.05) is 6.54 Å². The molecule has 0 unspecified atom stereocenters. The van der Waals surface area contributed by atoms with Crippen LogP contribution in [0.1, 0.15) is 11.1 Å². The van der Waals surface area contributed by atoms with Crippen molar-refractivity contribution in [2.45, 2.75) is 18.5 Å². The summed E-state index contributed by atoms with van der Waals surface area (Å²) in [6.07, 6.45) is 0.972. The van der Waals surface area contributed by atoms with E-state index < -0.39 is 5.67 Å². The molecule has 0 fully saturated rings. The maximum absolute atomic E-state index is 13.7. The van der Waals surface area contributed by atoms with Gasteiger partial charge in [-0.1, -0.05) is 24.3 Å². The van der Waals surface area contributed by atoms with E-state index in [1.807, 2.05) is 24.3 Å². The zero-order valence-electron chi connectivity index (χ0n) is 6.89. The Morgan fingerprint density at radius 2 is 1.75 bits per heavy atom. The van der Waals surface area contributed by atoms with Crippen LogP contribution in [0.4, 0.5) is 4.39 Å². The van der Waals surface area contributed by atoms with Crippen LogP contribution in [-0.4, -0.2) is 12.2 Å². The Hall–Kier alpha value is -0.890. The Kier molecular flexibility index (Phi) is 1.65. The molecule has 1 aliphatic carbocycles. The fraction of sp³-hybridized carbons (Fsp3) is 0.400. The minimum Gasteiger partial charge on any atom is -0.328 e. The summed E-state index contributed by atoms with van der Waals surface area (Å²) in [6, 6.07) is 7.85. The molecule has 1 aromatic carbocycles. The highest BCUT2D eigenvalue weighted by Crippen LogP contribution is 2.31. The predicted octanol–water partition coefficient (Wildman–Crippen LogP) is 1.45.